The number of hydrogen-bond acceptors (Lipinski definition) is 8. The van der Waals surface area contributed by atoms with Crippen molar-refractivity contribution in [2.75, 3.05) is 44.8 Å². The molecule has 5 aromatic rings. The number of carbonyl (C=O) groups excluding carboxylic acids is 2. The zero-order valence-corrected chi connectivity index (χ0v) is 24.2. The van der Waals surface area contributed by atoms with E-state index >= 15 is 0 Å². The number of pyridine rings is 2. The van der Waals surface area contributed by atoms with Crippen LogP contribution in [0.3, 0.4) is 0 Å². The number of fused-ring (bicyclic) bond motifs is 1. The van der Waals surface area contributed by atoms with Crippen LogP contribution in [0.4, 0.5) is 10.1 Å². The van der Waals surface area contributed by atoms with E-state index in [2.05, 4.69) is 20.2 Å². The summed E-state index contributed by atoms with van der Waals surface area (Å²) >= 11 is 0. The monoisotopic (exact) mass is 594 g/mol. The summed E-state index contributed by atoms with van der Waals surface area (Å²) in [5.41, 5.74) is 4.81. The van der Waals surface area contributed by atoms with E-state index in [4.69, 9.17) is 14.6 Å². The molecule has 10 nitrogen and oxygen atoms in total. The molecular formula is C33H31FN6O4. The first-order valence-electron chi connectivity index (χ1n) is 14.4. The predicted molar refractivity (Wildman–Crippen MR) is 164 cm³/mol. The lowest BCUT2D eigenvalue weighted by molar-refractivity contribution is -0.116. The Kier molecular flexibility index (Phi) is 8.67. The highest BCUT2D eigenvalue weighted by Crippen LogP contribution is 2.34. The fourth-order valence-electron chi connectivity index (χ4n) is 5.20. The number of ether oxygens (including phenoxy) is 2. The zero-order chi connectivity index (χ0) is 30.5. The van der Waals surface area contributed by atoms with Crippen molar-refractivity contribution in [1.82, 2.24) is 24.6 Å². The molecule has 0 spiro atoms. The van der Waals surface area contributed by atoms with Crippen molar-refractivity contribution in [2.24, 2.45) is 0 Å². The molecule has 44 heavy (non-hydrogen) atoms. The van der Waals surface area contributed by atoms with E-state index in [-0.39, 0.29) is 24.4 Å². The molecular weight excluding hydrogens is 563 g/mol. The minimum Gasteiger partial charge on any atom is -0.461 e. The molecule has 224 valence electrons. The molecule has 0 saturated carbocycles. The quantitative estimate of drug-likeness (QED) is 0.244. The number of morpholine rings is 1. The maximum atomic E-state index is 14.5. The lowest BCUT2D eigenvalue weighted by Crippen LogP contribution is -2.38. The second-order valence-electron chi connectivity index (χ2n) is 10.5. The number of aryl methyl sites for hydroxylation is 1. The SMILES string of the molecule is Cc1cccc(-c2nn(CC(=O)Nc3cc(F)cc(C(=O)OCCN4CCOCC4)c3)cc2-c2ccnc3ccccc23)n1. The summed E-state index contributed by atoms with van der Waals surface area (Å²) in [6.07, 6.45) is 3.54. The second kappa shape index (κ2) is 13.1. The summed E-state index contributed by atoms with van der Waals surface area (Å²) in [7, 11) is 0. The number of rotatable bonds is 9. The third kappa shape index (κ3) is 6.80. The molecule has 1 aliphatic rings. The third-order valence-corrected chi connectivity index (χ3v) is 7.30. The number of hydrogen-bond donors (Lipinski definition) is 1. The van der Waals surface area contributed by atoms with Gasteiger partial charge in [0.25, 0.3) is 0 Å². The molecule has 11 heteroatoms. The highest BCUT2D eigenvalue weighted by atomic mass is 19.1. The van der Waals surface area contributed by atoms with Crippen LogP contribution in [0, 0.1) is 12.7 Å². The predicted octanol–water partition coefficient (Wildman–Crippen LogP) is 4.74. The summed E-state index contributed by atoms with van der Waals surface area (Å²) in [6, 6.07) is 19.1. The van der Waals surface area contributed by atoms with Crippen molar-refractivity contribution in [1.29, 1.82) is 0 Å². The number of benzene rings is 2. The Balaban J connectivity index is 1.20. The normalized spacial score (nSPS) is 13.6. The Morgan fingerprint density at radius 2 is 1.86 bits per heavy atom. The largest absolute Gasteiger partial charge is 0.461 e. The molecule has 0 aliphatic carbocycles. The van der Waals surface area contributed by atoms with Gasteiger partial charge in [-0.3, -0.25) is 24.3 Å². The Labute approximate surface area is 253 Å². The van der Waals surface area contributed by atoms with Gasteiger partial charge in [0.15, 0.2) is 0 Å². The number of nitrogens with one attached hydrogen (secondary N) is 1. The minimum atomic E-state index is -0.665. The number of nitrogens with zero attached hydrogens (tertiary/aromatic N) is 5. The first-order chi connectivity index (χ1) is 21.4. The number of amides is 1. The maximum absolute atomic E-state index is 14.5. The molecule has 0 bridgehead atoms. The molecule has 3 aromatic heterocycles. The van der Waals surface area contributed by atoms with Crippen LogP contribution in [0.25, 0.3) is 33.4 Å². The van der Waals surface area contributed by atoms with Crippen LogP contribution in [-0.2, 0) is 20.8 Å². The van der Waals surface area contributed by atoms with E-state index in [1.165, 1.54) is 10.7 Å². The van der Waals surface area contributed by atoms with Gasteiger partial charge in [0, 0.05) is 54.4 Å². The summed E-state index contributed by atoms with van der Waals surface area (Å²) in [5, 5.41) is 8.36. The van der Waals surface area contributed by atoms with Crippen molar-refractivity contribution in [3.05, 3.63) is 96.2 Å². The van der Waals surface area contributed by atoms with Gasteiger partial charge in [-0.2, -0.15) is 5.10 Å². The Morgan fingerprint density at radius 3 is 2.70 bits per heavy atom. The molecule has 1 amide bonds. The van der Waals surface area contributed by atoms with Gasteiger partial charge in [0.1, 0.15) is 24.7 Å². The fourth-order valence-corrected chi connectivity index (χ4v) is 5.20. The molecule has 0 unspecified atom stereocenters. The van der Waals surface area contributed by atoms with Gasteiger partial charge in [0.2, 0.25) is 5.91 Å². The summed E-state index contributed by atoms with van der Waals surface area (Å²) < 4.78 is 26.7. The molecule has 1 N–H and O–H groups in total. The average molecular weight is 595 g/mol. The van der Waals surface area contributed by atoms with Crippen LogP contribution in [0.5, 0.6) is 0 Å². The lowest BCUT2D eigenvalue weighted by Gasteiger charge is -2.26. The van der Waals surface area contributed by atoms with Crippen LogP contribution in [0.2, 0.25) is 0 Å². The molecule has 1 fully saturated rings. The van der Waals surface area contributed by atoms with Crippen molar-refractivity contribution < 1.29 is 23.5 Å². The fraction of sp³-hybridized carbons (Fsp3) is 0.242. The Hall–Kier alpha value is -5.00. The Bertz CT molecular complexity index is 1810. The number of esters is 1. The highest BCUT2D eigenvalue weighted by Gasteiger charge is 2.19. The van der Waals surface area contributed by atoms with E-state index in [1.807, 2.05) is 55.5 Å². The first kappa shape index (κ1) is 29.1. The van der Waals surface area contributed by atoms with Crippen LogP contribution < -0.4 is 5.32 Å². The van der Waals surface area contributed by atoms with E-state index in [0.717, 1.165) is 52.9 Å². The molecule has 1 saturated heterocycles. The van der Waals surface area contributed by atoms with Gasteiger partial charge in [-0.05, 0) is 55.0 Å². The summed E-state index contributed by atoms with van der Waals surface area (Å²) in [5.74, 6) is -1.77. The van der Waals surface area contributed by atoms with E-state index < -0.39 is 17.7 Å². The van der Waals surface area contributed by atoms with Crippen molar-refractivity contribution in [3.63, 3.8) is 0 Å². The van der Waals surface area contributed by atoms with Crippen LogP contribution in [-0.4, -0.2) is 76.0 Å². The van der Waals surface area contributed by atoms with Gasteiger partial charge in [-0.25, -0.2) is 9.18 Å². The van der Waals surface area contributed by atoms with Gasteiger partial charge in [-0.15, -0.1) is 0 Å². The van der Waals surface area contributed by atoms with E-state index in [1.54, 1.807) is 12.4 Å². The smallest absolute Gasteiger partial charge is 0.338 e. The molecule has 1 aliphatic heterocycles. The molecule has 2 aromatic carbocycles. The van der Waals surface area contributed by atoms with Crippen molar-refractivity contribution in [3.8, 4) is 22.5 Å². The van der Waals surface area contributed by atoms with Crippen LogP contribution >= 0.6 is 0 Å². The molecule has 0 atom stereocenters. The van der Waals surface area contributed by atoms with Crippen molar-refractivity contribution >= 4 is 28.5 Å². The average Bonchev–Trinajstić information content (AvgIpc) is 3.44. The van der Waals surface area contributed by atoms with Gasteiger partial charge in [0.05, 0.1) is 30.0 Å². The zero-order valence-electron chi connectivity index (χ0n) is 24.2. The summed E-state index contributed by atoms with van der Waals surface area (Å²) in [4.78, 5) is 37.0. The molecule has 0 radical (unpaired) electrons. The number of carbonyl (C=O) groups is 2. The van der Waals surface area contributed by atoms with Gasteiger partial charge < -0.3 is 14.8 Å². The minimum absolute atomic E-state index is 0.0148. The van der Waals surface area contributed by atoms with Crippen LogP contribution in [0.15, 0.2) is 79.1 Å². The number of para-hydroxylation sites is 1. The third-order valence-electron chi connectivity index (χ3n) is 7.30. The highest BCUT2D eigenvalue weighted by molar-refractivity contribution is 5.98. The first-order valence-corrected chi connectivity index (χ1v) is 14.4. The number of aromatic nitrogens is 4. The molecule has 4 heterocycles. The van der Waals surface area contributed by atoms with E-state index in [9.17, 15) is 14.0 Å². The molecule has 6 rings (SSSR count). The summed E-state index contributed by atoms with van der Waals surface area (Å²) in [6.45, 7) is 5.32. The van der Waals surface area contributed by atoms with Gasteiger partial charge >= 0.3 is 5.97 Å². The number of anilines is 1. The second-order valence-corrected chi connectivity index (χ2v) is 10.5. The maximum Gasteiger partial charge on any atom is 0.338 e. The lowest BCUT2D eigenvalue weighted by atomic mass is 10.0. The topological polar surface area (TPSA) is 111 Å². The standard InChI is InChI=1S/C33H31FN6O4/c1-22-5-4-8-30(36-22)32-28(26-9-10-35-29-7-3-2-6-27(26)29)20-40(38-32)21-31(41)37-25-18-23(17-24(34)19-25)33(42)44-16-13-39-11-14-43-15-12-39/h2-10,17-20H,11-16,21H2,1H3,(H,37,41). The van der Waals surface area contributed by atoms with Gasteiger partial charge in [-0.1, -0.05) is 24.3 Å². The van der Waals surface area contributed by atoms with E-state index in [0.29, 0.717) is 31.1 Å². The Morgan fingerprint density at radius 1 is 1.02 bits per heavy atom. The number of halogens is 1. The van der Waals surface area contributed by atoms with Crippen molar-refractivity contribution in [2.45, 2.75) is 13.5 Å². The van der Waals surface area contributed by atoms with Crippen LogP contribution in [0.1, 0.15) is 16.1 Å².